The van der Waals surface area contributed by atoms with Crippen molar-refractivity contribution in [1.29, 1.82) is 0 Å². The van der Waals surface area contributed by atoms with Gasteiger partial charge < -0.3 is 14.8 Å². The fraction of sp³-hybridized carbons (Fsp3) is 0.300. The minimum Gasteiger partial charge on any atom is -0.493 e. The first-order valence-electron chi connectivity index (χ1n) is 8.76. The number of rotatable bonds is 8. The Kier molecular flexibility index (Phi) is 7.08. The van der Waals surface area contributed by atoms with Crippen molar-refractivity contribution in [3.8, 4) is 5.75 Å². The van der Waals surface area contributed by atoms with E-state index in [0.29, 0.717) is 18.3 Å². The summed E-state index contributed by atoms with van der Waals surface area (Å²) < 4.78 is 10.7. The Labute approximate surface area is 162 Å². The average molecular weight is 386 g/mol. The van der Waals surface area contributed by atoms with E-state index in [1.807, 2.05) is 13.8 Å². The Morgan fingerprint density at radius 1 is 1.07 bits per heavy atom. The number of carbonyl (C=O) groups is 2. The number of benzene rings is 2. The fourth-order valence-electron chi connectivity index (χ4n) is 2.21. The Morgan fingerprint density at radius 2 is 1.71 bits per heavy atom. The second kappa shape index (κ2) is 9.50. The maximum Gasteiger partial charge on any atom is 0.338 e. The van der Waals surface area contributed by atoms with Crippen LogP contribution in [0.2, 0.25) is 0 Å². The highest BCUT2D eigenvalue weighted by molar-refractivity contribution is 5.98. The molecule has 8 nitrogen and oxygen atoms in total. The van der Waals surface area contributed by atoms with Gasteiger partial charge >= 0.3 is 5.97 Å². The number of nitrogens with zero attached hydrogens (tertiary/aromatic N) is 1. The van der Waals surface area contributed by atoms with Gasteiger partial charge in [-0.2, -0.15) is 0 Å². The minimum absolute atomic E-state index is 0.0343. The van der Waals surface area contributed by atoms with Gasteiger partial charge in [0.25, 0.3) is 11.6 Å². The topological polar surface area (TPSA) is 108 Å². The van der Waals surface area contributed by atoms with E-state index in [2.05, 4.69) is 5.32 Å². The van der Waals surface area contributed by atoms with E-state index in [0.717, 1.165) is 0 Å². The molecule has 0 aliphatic rings. The number of nitrogens with one attached hydrogen (secondary N) is 1. The monoisotopic (exact) mass is 386 g/mol. The molecule has 0 saturated heterocycles. The van der Waals surface area contributed by atoms with Gasteiger partial charge in [0.2, 0.25) is 0 Å². The van der Waals surface area contributed by atoms with Crippen LogP contribution in [0.15, 0.2) is 48.5 Å². The van der Waals surface area contributed by atoms with E-state index < -0.39 is 22.9 Å². The lowest BCUT2D eigenvalue weighted by Gasteiger charge is -2.14. The lowest BCUT2D eigenvalue weighted by molar-refractivity contribution is -0.383. The van der Waals surface area contributed by atoms with Crippen LogP contribution in [-0.4, -0.2) is 29.5 Å². The van der Waals surface area contributed by atoms with Crippen molar-refractivity contribution in [2.75, 3.05) is 11.9 Å². The molecule has 0 aliphatic carbocycles. The Bertz CT molecular complexity index is 848. The summed E-state index contributed by atoms with van der Waals surface area (Å²) in [5.74, 6) is -0.336. The third-order valence-electron chi connectivity index (χ3n) is 3.69. The number of hydrogen-bond acceptors (Lipinski definition) is 6. The number of ether oxygens (including phenoxy) is 2. The molecule has 0 unspecified atom stereocenters. The van der Waals surface area contributed by atoms with Crippen molar-refractivity contribution < 1.29 is 24.0 Å². The molecule has 0 heterocycles. The van der Waals surface area contributed by atoms with Crippen LogP contribution in [-0.2, 0) is 9.53 Å². The van der Waals surface area contributed by atoms with Crippen LogP contribution in [0.4, 0.5) is 11.4 Å². The number of anilines is 1. The van der Waals surface area contributed by atoms with Gasteiger partial charge in [0.15, 0.2) is 6.10 Å². The van der Waals surface area contributed by atoms with Crippen LogP contribution in [0.1, 0.15) is 31.1 Å². The molecule has 1 atom stereocenters. The summed E-state index contributed by atoms with van der Waals surface area (Å²) in [4.78, 5) is 34.8. The maximum atomic E-state index is 12.2. The molecule has 0 spiro atoms. The van der Waals surface area contributed by atoms with E-state index >= 15 is 0 Å². The van der Waals surface area contributed by atoms with Crippen molar-refractivity contribution in [3.05, 3.63) is 64.2 Å². The molecule has 148 valence electrons. The highest BCUT2D eigenvalue weighted by atomic mass is 16.6. The summed E-state index contributed by atoms with van der Waals surface area (Å²) in [6, 6.07) is 12.1. The summed E-state index contributed by atoms with van der Waals surface area (Å²) in [5.41, 5.74) is 0.0562. The minimum atomic E-state index is -1.14. The molecule has 1 amide bonds. The lowest BCUT2D eigenvalue weighted by Crippen LogP contribution is -2.30. The molecule has 0 fully saturated rings. The molecule has 0 bridgehead atoms. The molecule has 2 rings (SSSR count). The Hall–Kier alpha value is -3.42. The molecule has 2 aromatic carbocycles. The van der Waals surface area contributed by atoms with Gasteiger partial charge in [0.05, 0.1) is 17.1 Å². The number of hydrogen-bond donors (Lipinski definition) is 1. The molecule has 2 aromatic rings. The Balaban J connectivity index is 1.96. The van der Waals surface area contributed by atoms with Crippen LogP contribution in [0.25, 0.3) is 0 Å². The molecule has 0 saturated carbocycles. The zero-order chi connectivity index (χ0) is 20.7. The number of amides is 1. The van der Waals surface area contributed by atoms with E-state index in [9.17, 15) is 19.7 Å². The third kappa shape index (κ3) is 5.80. The van der Waals surface area contributed by atoms with Gasteiger partial charge in [-0.1, -0.05) is 26.0 Å². The normalized spacial score (nSPS) is 11.6. The summed E-state index contributed by atoms with van der Waals surface area (Å²) in [6.07, 6.45) is -1.14. The van der Waals surface area contributed by atoms with Crippen molar-refractivity contribution >= 4 is 23.3 Å². The zero-order valence-electron chi connectivity index (χ0n) is 15.9. The lowest BCUT2D eigenvalue weighted by atomic mass is 10.2. The summed E-state index contributed by atoms with van der Waals surface area (Å²) >= 11 is 0. The highest BCUT2D eigenvalue weighted by Gasteiger charge is 2.22. The number of nitro benzene ring substituents is 1. The van der Waals surface area contributed by atoms with Crippen LogP contribution >= 0.6 is 0 Å². The molecule has 8 heteroatoms. The first-order valence-corrected chi connectivity index (χ1v) is 8.76. The zero-order valence-corrected chi connectivity index (χ0v) is 15.9. The maximum absolute atomic E-state index is 12.2. The van der Waals surface area contributed by atoms with Gasteiger partial charge in [-0.15, -0.1) is 0 Å². The molecular weight excluding hydrogens is 364 g/mol. The number of para-hydroxylation sites is 2. The number of nitro groups is 1. The van der Waals surface area contributed by atoms with E-state index in [1.165, 1.54) is 25.1 Å². The molecule has 0 radical (unpaired) electrons. The number of esters is 1. The first-order chi connectivity index (χ1) is 13.3. The summed E-state index contributed by atoms with van der Waals surface area (Å²) in [5, 5.41) is 13.4. The standard InChI is InChI=1S/C20H22N2O6/c1-13(2)12-27-16-10-8-15(9-11-16)20(24)28-14(3)19(23)21-17-6-4-5-7-18(17)22(25)26/h4-11,13-14H,12H2,1-3H3,(H,21,23)/t14-/m0/s1. The predicted octanol–water partition coefficient (Wildman–Crippen LogP) is 3.81. The quantitative estimate of drug-likeness (QED) is 0.420. The molecular formula is C20H22N2O6. The fourth-order valence-corrected chi connectivity index (χ4v) is 2.21. The van der Waals surface area contributed by atoms with Gasteiger partial charge in [-0.3, -0.25) is 14.9 Å². The SMILES string of the molecule is CC(C)COc1ccc(C(=O)O[C@@H](C)C(=O)Nc2ccccc2[N+](=O)[O-])cc1. The van der Waals surface area contributed by atoms with Gasteiger partial charge in [0, 0.05) is 6.07 Å². The predicted molar refractivity (Wildman–Crippen MR) is 103 cm³/mol. The van der Waals surface area contributed by atoms with Crippen LogP contribution in [0.3, 0.4) is 0 Å². The average Bonchev–Trinajstić information content (AvgIpc) is 2.66. The van der Waals surface area contributed by atoms with E-state index in [-0.39, 0.29) is 16.9 Å². The van der Waals surface area contributed by atoms with E-state index in [4.69, 9.17) is 9.47 Å². The second-order valence-electron chi connectivity index (χ2n) is 6.54. The van der Waals surface area contributed by atoms with Crippen molar-refractivity contribution in [2.24, 2.45) is 5.92 Å². The van der Waals surface area contributed by atoms with Gasteiger partial charge in [-0.05, 0) is 43.2 Å². The highest BCUT2D eigenvalue weighted by Crippen LogP contribution is 2.23. The first kappa shape index (κ1) is 20.9. The number of carbonyl (C=O) groups excluding carboxylic acids is 2. The molecule has 28 heavy (non-hydrogen) atoms. The van der Waals surface area contributed by atoms with E-state index in [1.54, 1.807) is 30.3 Å². The molecule has 1 N–H and O–H groups in total. The molecule has 0 aliphatic heterocycles. The van der Waals surface area contributed by atoms with Crippen LogP contribution in [0.5, 0.6) is 5.75 Å². The summed E-state index contributed by atoms with van der Waals surface area (Å²) in [7, 11) is 0. The second-order valence-corrected chi connectivity index (χ2v) is 6.54. The largest absolute Gasteiger partial charge is 0.493 e. The van der Waals surface area contributed by atoms with Gasteiger partial charge in [-0.25, -0.2) is 4.79 Å². The van der Waals surface area contributed by atoms with Gasteiger partial charge in [0.1, 0.15) is 11.4 Å². The van der Waals surface area contributed by atoms with Crippen molar-refractivity contribution in [3.63, 3.8) is 0 Å². The van der Waals surface area contributed by atoms with Crippen LogP contribution in [0, 0.1) is 16.0 Å². The molecule has 0 aromatic heterocycles. The summed E-state index contributed by atoms with van der Waals surface area (Å²) in [6.45, 7) is 6.01. The van der Waals surface area contributed by atoms with Crippen molar-refractivity contribution in [2.45, 2.75) is 26.9 Å². The van der Waals surface area contributed by atoms with Crippen LogP contribution < -0.4 is 10.1 Å². The smallest absolute Gasteiger partial charge is 0.338 e. The van der Waals surface area contributed by atoms with Crippen molar-refractivity contribution in [1.82, 2.24) is 0 Å². The third-order valence-corrected chi connectivity index (χ3v) is 3.69. The Morgan fingerprint density at radius 3 is 2.32 bits per heavy atom.